The molecule has 2 aliphatic rings. The number of likely N-dealkylation sites (tertiary alicyclic amines) is 1. The smallest absolute Gasteiger partial charge is 0.302 e. The Labute approximate surface area is 161 Å². The average Bonchev–Trinajstić information content (AvgIpc) is 2.95. The summed E-state index contributed by atoms with van der Waals surface area (Å²) in [6, 6.07) is 4.36. The first-order valence-electron chi connectivity index (χ1n) is 10.0. The standard InChI is InChI=1S/C22H33F3N2/c1-20(2,3)27-12-6-11-21(15-27,26(4)5)14-17-8-7-16-9-10-18(13-19(16)17)22(23,24)25/h9-10,13,17H,6-8,11-12,14-15H2,1-5H3/t17-,21-/m1/s1. The molecule has 27 heavy (non-hydrogen) atoms. The maximum absolute atomic E-state index is 13.2. The number of halogens is 3. The van der Waals surface area contributed by atoms with Crippen molar-refractivity contribution < 1.29 is 13.2 Å². The van der Waals surface area contributed by atoms with Crippen LogP contribution in [0.5, 0.6) is 0 Å². The van der Waals surface area contributed by atoms with Crippen molar-refractivity contribution in [3.63, 3.8) is 0 Å². The van der Waals surface area contributed by atoms with Crippen LogP contribution in [-0.4, -0.2) is 48.1 Å². The summed E-state index contributed by atoms with van der Waals surface area (Å²) in [7, 11) is 4.27. The summed E-state index contributed by atoms with van der Waals surface area (Å²) in [6.45, 7) is 8.82. The van der Waals surface area contributed by atoms with Crippen molar-refractivity contribution in [2.24, 2.45) is 0 Å². The van der Waals surface area contributed by atoms with Crippen LogP contribution in [-0.2, 0) is 12.6 Å². The van der Waals surface area contributed by atoms with Crippen molar-refractivity contribution in [1.82, 2.24) is 9.80 Å². The molecule has 0 unspecified atom stereocenters. The highest BCUT2D eigenvalue weighted by molar-refractivity contribution is 5.39. The minimum atomic E-state index is -4.27. The van der Waals surface area contributed by atoms with E-state index in [9.17, 15) is 13.2 Å². The number of hydrogen-bond acceptors (Lipinski definition) is 2. The number of aryl methyl sites for hydroxylation is 1. The van der Waals surface area contributed by atoms with E-state index in [1.54, 1.807) is 6.07 Å². The lowest BCUT2D eigenvalue weighted by Crippen LogP contribution is -2.60. The molecule has 0 saturated carbocycles. The van der Waals surface area contributed by atoms with Crippen LogP contribution in [0.25, 0.3) is 0 Å². The highest BCUT2D eigenvalue weighted by atomic mass is 19.4. The summed E-state index contributed by atoms with van der Waals surface area (Å²) in [5.41, 5.74) is 1.65. The van der Waals surface area contributed by atoms with Gasteiger partial charge < -0.3 is 4.90 Å². The fourth-order valence-electron chi connectivity index (χ4n) is 4.93. The Morgan fingerprint density at radius 1 is 1.19 bits per heavy atom. The van der Waals surface area contributed by atoms with Gasteiger partial charge in [0.1, 0.15) is 0 Å². The molecule has 0 aromatic heterocycles. The Kier molecular flexibility index (Phi) is 5.41. The van der Waals surface area contributed by atoms with Crippen LogP contribution in [0.15, 0.2) is 18.2 Å². The molecule has 1 aliphatic carbocycles. The molecule has 0 spiro atoms. The number of rotatable bonds is 3. The van der Waals surface area contributed by atoms with Crippen molar-refractivity contribution in [3.05, 3.63) is 34.9 Å². The molecule has 3 rings (SSSR count). The molecule has 0 N–H and O–H groups in total. The number of piperidine rings is 1. The number of fused-ring (bicyclic) bond motifs is 1. The van der Waals surface area contributed by atoms with Gasteiger partial charge in [-0.1, -0.05) is 6.07 Å². The van der Waals surface area contributed by atoms with Gasteiger partial charge in [-0.25, -0.2) is 0 Å². The molecule has 1 heterocycles. The highest BCUT2D eigenvalue weighted by Crippen LogP contribution is 2.44. The molecule has 152 valence electrons. The van der Waals surface area contributed by atoms with Gasteiger partial charge in [0.05, 0.1) is 5.56 Å². The molecule has 0 bridgehead atoms. The zero-order valence-electron chi connectivity index (χ0n) is 17.3. The molecular weight excluding hydrogens is 349 g/mol. The monoisotopic (exact) mass is 382 g/mol. The molecule has 5 heteroatoms. The van der Waals surface area contributed by atoms with E-state index in [1.807, 2.05) is 0 Å². The molecular formula is C22H33F3N2. The van der Waals surface area contributed by atoms with Gasteiger partial charge in [-0.2, -0.15) is 13.2 Å². The van der Waals surface area contributed by atoms with Crippen LogP contribution in [0.2, 0.25) is 0 Å². The predicted octanol–water partition coefficient (Wildman–Crippen LogP) is 5.32. The fourth-order valence-corrected chi connectivity index (χ4v) is 4.93. The van der Waals surface area contributed by atoms with Crippen LogP contribution in [0, 0.1) is 0 Å². The zero-order chi connectivity index (χ0) is 20.0. The second kappa shape index (κ2) is 7.07. The Hall–Kier alpha value is -1.07. The molecule has 1 saturated heterocycles. The third-order valence-corrected chi connectivity index (χ3v) is 6.75. The normalized spacial score (nSPS) is 27.2. The molecule has 0 amide bonds. The first kappa shape index (κ1) is 20.7. The maximum atomic E-state index is 13.2. The summed E-state index contributed by atoms with van der Waals surface area (Å²) < 4.78 is 39.6. The fraction of sp³-hybridized carbons (Fsp3) is 0.727. The first-order valence-corrected chi connectivity index (χ1v) is 10.0. The SMILES string of the molecule is CN(C)[C@@]1(C[C@H]2CCc3ccc(C(F)(F)F)cc32)CCCN(C(C)(C)C)C1. The number of alkyl halides is 3. The topological polar surface area (TPSA) is 6.48 Å². The molecule has 1 aromatic carbocycles. The van der Waals surface area contributed by atoms with Crippen LogP contribution in [0.3, 0.4) is 0 Å². The minimum absolute atomic E-state index is 0.0199. The molecule has 2 nitrogen and oxygen atoms in total. The van der Waals surface area contributed by atoms with Crippen molar-refractivity contribution in [1.29, 1.82) is 0 Å². The van der Waals surface area contributed by atoms with Crippen LogP contribution >= 0.6 is 0 Å². The first-order chi connectivity index (χ1) is 12.4. The minimum Gasteiger partial charge on any atom is -0.302 e. The number of benzene rings is 1. The van der Waals surface area contributed by atoms with Crippen LogP contribution < -0.4 is 0 Å². The summed E-state index contributed by atoms with van der Waals surface area (Å²) in [5.74, 6) is 0.213. The molecule has 2 atom stereocenters. The Balaban J connectivity index is 1.88. The van der Waals surface area contributed by atoms with Crippen LogP contribution in [0.4, 0.5) is 13.2 Å². The molecule has 0 radical (unpaired) electrons. The van der Waals surface area contributed by atoms with Gasteiger partial charge in [0.2, 0.25) is 0 Å². The van der Waals surface area contributed by atoms with E-state index in [2.05, 4.69) is 44.7 Å². The van der Waals surface area contributed by atoms with E-state index < -0.39 is 11.7 Å². The highest BCUT2D eigenvalue weighted by Gasteiger charge is 2.43. The summed E-state index contributed by atoms with van der Waals surface area (Å²) in [5, 5.41) is 0. The largest absolute Gasteiger partial charge is 0.416 e. The number of likely N-dealkylation sites (N-methyl/N-ethyl adjacent to an activating group) is 1. The van der Waals surface area contributed by atoms with E-state index in [4.69, 9.17) is 0 Å². The van der Waals surface area contributed by atoms with Gasteiger partial charge in [-0.15, -0.1) is 0 Å². The van der Waals surface area contributed by atoms with E-state index in [0.717, 1.165) is 56.3 Å². The lowest BCUT2D eigenvalue weighted by Gasteiger charge is -2.52. The Bertz CT molecular complexity index is 675. The van der Waals surface area contributed by atoms with Gasteiger partial charge >= 0.3 is 6.18 Å². The van der Waals surface area contributed by atoms with E-state index in [-0.39, 0.29) is 17.0 Å². The third-order valence-electron chi connectivity index (χ3n) is 6.75. The van der Waals surface area contributed by atoms with Gasteiger partial charge in [-0.3, -0.25) is 4.90 Å². The molecule has 1 fully saturated rings. The second-order valence-electron chi connectivity index (χ2n) is 9.67. The van der Waals surface area contributed by atoms with Gasteiger partial charge in [0.15, 0.2) is 0 Å². The number of hydrogen-bond donors (Lipinski definition) is 0. The number of nitrogens with zero attached hydrogens (tertiary/aromatic N) is 2. The van der Waals surface area contributed by atoms with Crippen molar-refractivity contribution in [2.45, 2.75) is 76.0 Å². The summed E-state index contributed by atoms with van der Waals surface area (Å²) in [4.78, 5) is 4.87. The summed E-state index contributed by atoms with van der Waals surface area (Å²) >= 11 is 0. The third kappa shape index (κ3) is 4.19. The average molecular weight is 383 g/mol. The molecule has 1 aliphatic heterocycles. The Morgan fingerprint density at radius 3 is 2.48 bits per heavy atom. The second-order valence-corrected chi connectivity index (χ2v) is 9.67. The van der Waals surface area contributed by atoms with Crippen molar-refractivity contribution in [3.8, 4) is 0 Å². The summed E-state index contributed by atoms with van der Waals surface area (Å²) in [6.07, 6.45) is 0.761. The van der Waals surface area contributed by atoms with Gasteiger partial charge in [-0.05, 0) is 103 Å². The van der Waals surface area contributed by atoms with E-state index >= 15 is 0 Å². The van der Waals surface area contributed by atoms with Gasteiger partial charge in [0.25, 0.3) is 0 Å². The maximum Gasteiger partial charge on any atom is 0.416 e. The Morgan fingerprint density at radius 2 is 1.89 bits per heavy atom. The predicted molar refractivity (Wildman–Crippen MR) is 104 cm³/mol. The zero-order valence-corrected chi connectivity index (χ0v) is 17.3. The lowest BCUT2D eigenvalue weighted by molar-refractivity contribution is -0.137. The molecule has 1 aromatic rings. The lowest BCUT2D eigenvalue weighted by atomic mass is 9.77. The van der Waals surface area contributed by atoms with Gasteiger partial charge in [0, 0.05) is 17.6 Å². The van der Waals surface area contributed by atoms with Crippen LogP contribution in [0.1, 0.15) is 69.1 Å². The quantitative estimate of drug-likeness (QED) is 0.698. The van der Waals surface area contributed by atoms with E-state index in [0.29, 0.717) is 0 Å². The van der Waals surface area contributed by atoms with Crippen molar-refractivity contribution in [2.75, 3.05) is 27.2 Å². The van der Waals surface area contributed by atoms with Crippen molar-refractivity contribution >= 4 is 0 Å². The van der Waals surface area contributed by atoms with E-state index in [1.165, 1.54) is 12.1 Å².